The van der Waals surface area contributed by atoms with E-state index < -0.39 is 10.3 Å². The number of aryl methyl sites for hydroxylation is 1. The van der Waals surface area contributed by atoms with Crippen molar-refractivity contribution in [2.45, 2.75) is 6.92 Å². The van der Waals surface area contributed by atoms with Gasteiger partial charge in [0.1, 0.15) is 5.82 Å². The second kappa shape index (κ2) is 4.92. The minimum Gasteiger partial charge on any atom is -1.00 e. The predicted octanol–water partition coefficient (Wildman–Crippen LogP) is -2.28. The van der Waals surface area contributed by atoms with E-state index in [2.05, 4.69) is 4.98 Å². The molecule has 0 aliphatic heterocycles. The summed E-state index contributed by atoms with van der Waals surface area (Å²) in [5.74, 6) is 0.139. The largest absolute Gasteiger partial charge is 1.00 e. The molecule has 2 N–H and O–H groups in total. The zero-order chi connectivity index (χ0) is 9.19. The molecule has 0 aliphatic carbocycles. The molecule has 0 saturated carbocycles. The van der Waals surface area contributed by atoms with Crippen molar-refractivity contribution in [3.8, 4) is 0 Å². The molecule has 0 amide bonds. The zero-order valence-electron chi connectivity index (χ0n) is 8.35. The van der Waals surface area contributed by atoms with Gasteiger partial charge >= 0.3 is 39.9 Å². The van der Waals surface area contributed by atoms with E-state index in [-0.39, 0.29) is 36.8 Å². The Morgan fingerprint density at radius 2 is 2.23 bits per heavy atom. The molecule has 5 nitrogen and oxygen atoms in total. The number of anilines is 1. The minimum atomic E-state index is -4.21. The molecule has 7 heteroatoms. The van der Waals surface area contributed by atoms with Gasteiger partial charge in [-0.1, -0.05) is 6.07 Å². The Morgan fingerprint density at radius 3 is 2.69 bits per heavy atom. The number of hydrogen-bond donors (Lipinski definition) is 2. The minimum absolute atomic E-state index is 0. The van der Waals surface area contributed by atoms with Gasteiger partial charge in [-0.05, 0) is 18.6 Å². The summed E-state index contributed by atoms with van der Waals surface area (Å²) >= 11 is 0. The molecule has 0 radical (unpaired) electrons. The average Bonchev–Trinajstić information content (AvgIpc) is 1.91. The fourth-order valence-electron chi connectivity index (χ4n) is 0.715. The van der Waals surface area contributed by atoms with Gasteiger partial charge in [0.2, 0.25) is 0 Å². The second-order valence-electron chi connectivity index (χ2n) is 2.25. The van der Waals surface area contributed by atoms with Crippen LogP contribution in [0.3, 0.4) is 0 Å². The van der Waals surface area contributed by atoms with Gasteiger partial charge in [0, 0.05) is 6.20 Å². The van der Waals surface area contributed by atoms with Crippen molar-refractivity contribution < 1.29 is 44.0 Å². The first-order valence-corrected chi connectivity index (χ1v) is 4.60. The van der Waals surface area contributed by atoms with Gasteiger partial charge in [0.15, 0.2) is 0 Å². The van der Waals surface area contributed by atoms with Crippen LogP contribution in [0.25, 0.3) is 0 Å². The van der Waals surface area contributed by atoms with E-state index in [4.69, 9.17) is 4.55 Å². The molecule has 0 spiro atoms. The van der Waals surface area contributed by atoms with E-state index in [0.717, 1.165) is 0 Å². The molecule has 1 heterocycles. The van der Waals surface area contributed by atoms with Crippen LogP contribution in [0.4, 0.5) is 5.82 Å². The molecule has 0 saturated heterocycles. The first-order chi connectivity index (χ1) is 5.49. The number of pyridine rings is 1. The number of hydrogen-bond acceptors (Lipinski definition) is 3. The molecule has 68 valence electrons. The molecule has 0 bridgehead atoms. The SMILES string of the molecule is Cc1cccnc1NS(=O)(=O)O.[H-].[Na+]. The van der Waals surface area contributed by atoms with E-state index in [0.29, 0.717) is 5.56 Å². The van der Waals surface area contributed by atoms with Crippen molar-refractivity contribution in [2.75, 3.05) is 4.72 Å². The number of nitrogens with one attached hydrogen (secondary N) is 1. The third-order valence-electron chi connectivity index (χ3n) is 1.24. The fraction of sp³-hybridized carbons (Fsp3) is 0.167. The first-order valence-electron chi connectivity index (χ1n) is 3.16. The van der Waals surface area contributed by atoms with E-state index in [9.17, 15) is 8.42 Å². The molecule has 0 aliphatic rings. The molecule has 0 aromatic carbocycles. The van der Waals surface area contributed by atoms with Crippen LogP contribution in [0.15, 0.2) is 18.3 Å². The molecular formula is C6H9N2NaO3S. The summed E-state index contributed by atoms with van der Waals surface area (Å²) in [6.07, 6.45) is 1.43. The maximum absolute atomic E-state index is 10.4. The van der Waals surface area contributed by atoms with E-state index in [1.165, 1.54) is 6.20 Å². The Kier molecular flexibility index (Phi) is 4.87. The molecule has 0 unspecified atom stereocenters. The Labute approximate surface area is 100 Å². The fourth-order valence-corrected chi connectivity index (χ4v) is 1.17. The third-order valence-corrected chi connectivity index (χ3v) is 1.69. The van der Waals surface area contributed by atoms with E-state index in [1.807, 2.05) is 4.72 Å². The van der Waals surface area contributed by atoms with Crippen molar-refractivity contribution in [1.82, 2.24) is 4.98 Å². The van der Waals surface area contributed by atoms with Crippen molar-refractivity contribution >= 4 is 16.1 Å². The molecule has 1 rings (SSSR count). The topological polar surface area (TPSA) is 79.3 Å². The summed E-state index contributed by atoms with van der Waals surface area (Å²) in [6, 6.07) is 3.35. The van der Waals surface area contributed by atoms with Gasteiger partial charge in [0.25, 0.3) is 0 Å². The molecular weight excluding hydrogens is 203 g/mol. The van der Waals surface area contributed by atoms with Gasteiger partial charge in [0.05, 0.1) is 0 Å². The van der Waals surface area contributed by atoms with Crippen molar-refractivity contribution in [2.24, 2.45) is 0 Å². The van der Waals surface area contributed by atoms with Crippen LogP contribution in [0.1, 0.15) is 6.99 Å². The summed E-state index contributed by atoms with van der Waals surface area (Å²) < 4.78 is 31.0. The quantitative estimate of drug-likeness (QED) is 0.427. The maximum atomic E-state index is 10.4. The van der Waals surface area contributed by atoms with Crippen LogP contribution in [-0.2, 0) is 10.3 Å². The van der Waals surface area contributed by atoms with Crippen LogP contribution >= 0.6 is 0 Å². The predicted molar refractivity (Wildman–Crippen MR) is 45.3 cm³/mol. The normalized spacial score (nSPS) is 10.3. The van der Waals surface area contributed by atoms with Gasteiger partial charge in [-0.3, -0.25) is 4.55 Å². The zero-order valence-corrected chi connectivity index (χ0v) is 10.2. The summed E-state index contributed by atoms with van der Waals surface area (Å²) in [6.45, 7) is 1.68. The van der Waals surface area contributed by atoms with Crippen LogP contribution in [-0.4, -0.2) is 18.0 Å². The third kappa shape index (κ3) is 4.58. The van der Waals surface area contributed by atoms with Crippen molar-refractivity contribution in [3.05, 3.63) is 23.9 Å². The Bertz CT molecular complexity index is 384. The molecule has 13 heavy (non-hydrogen) atoms. The smallest absolute Gasteiger partial charge is 1.00 e. The van der Waals surface area contributed by atoms with E-state index >= 15 is 0 Å². The van der Waals surface area contributed by atoms with Gasteiger partial charge in [-0.25, -0.2) is 9.71 Å². The first kappa shape index (κ1) is 12.9. The molecule has 1 aromatic heterocycles. The van der Waals surface area contributed by atoms with Crippen LogP contribution < -0.4 is 34.3 Å². The Balaban J connectivity index is 0. The molecule has 0 atom stereocenters. The molecule has 1 aromatic rings. The van der Waals surface area contributed by atoms with Crippen molar-refractivity contribution in [3.63, 3.8) is 0 Å². The Morgan fingerprint density at radius 1 is 1.62 bits per heavy atom. The summed E-state index contributed by atoms with van der Waals surface area (Å²) in [7, 11) is -4.21. The maximum Gasteiger partial charge on any atom is 1.00 e. The Hall–Kier alpha value is -0.140. The molecule has 0 fully saturated rings. The summed E-state index contributed by atoms with van der Waals surface area (Å²) in [5, 5.41) is 0. The van der Waals surface area contributed by atoms with Gasteiger partial charge in [-0.15, -0.1) is 0 Å². The van der Waals surface area contributed by atoms with Crippen molar-refractivity contribution in [1.29, 1.82) is 0 Å². The standard InChI is InChI=1S/C6H8N2O3S.Na.H/c1-5-3-2-4-7-6(5)8-12(9,10)11;;/h2-4H,1H3,(H,7,8)(H,9,10,11);;/q;+1;-1. The van der Waals surface area contributed by atoms with E-state index in [1.54, 1.807) is 19.1 Å². The summed E-state index contributed by atoms with van der Waals surface area (Å²) in [5.41, 5.74) is 0.648. The average molecular weight is 212 g/mol. The van der Waals surface area contributed by atoms with Crippen LogP contribution in [0, 0.1) is 6.92 Å². The number of rotatable bonds is 2. The number of aromatic nitrogens is 1. The number of nitrogens with zero attached hydrogens (tertiary/aromatic N) is 1. The monoisotopic (exact) mass is 212 g/mol. The second-order valence-corrected chi connectivity index (χ2v) is 3.40. The van der Waals surface area contributed by atoms with Gasteiger partial charge in [-0.2, -0.15) is 8.42 Å². The van der Waals surface area contributed by atoms with Gasteiger partial charge < -0.3 is 1.43 Å². The van der Waals surface area contributed by atoms with Crippen LogP contribution in [0.2, 0.25) is 0 Å². The van der Waals surface area contributed by atoms with Crippen LogP contribution in [0.5, 0.6) is 0 Å². The summed E-state index contributed by atoms with van der Waals surface area (Å²) in [4.78, 5) is 3.71.